The van der Waals surface area contributed by atoms with Gasteiger partial charge in [0.2, 0.25) is 22.8 Å². The molecule has 9 nitrogen and oxygen atoms in total. The van der Waals surface area contributed by atoms with Gasteiger partial charge in [-0.3, -0.25) is 9.59 Å². The number of ether oxygens (including phenoxy) is 1. The number of fused-ring (bicyclic) bond motifs is 1. The predicted octanol–water partition coefficient (Wildman–Crippen LogP) is 5.03. The van der Waals surface area contributed by atoms with E-state index in [1.54, 1.807) is 37.9 Å². The maximum atomic E-state index is 13.3. The summed E-state index contributed by atoms with van der Waals surface area (Å²) in [5, 5.41) is 7.06. The number of hydrogen-bond acceptors (Lipinski definition) is 9. The average molecular weight is 512 g/mol. The molecular formula is C26H29N3O6S. The van der Waals surface area contributed by atoms with E-state index in [-0.39, 0.29) is 34.8 Å². The number of benzene rings is 1. The van der Waals surface area contributed by atoms with E-state index in [2.05, 4.69) is 15.5 Å². The molecule has 0 spiro atoms. The first-order valence-corrected chi connectivity index (χ1v) is 13.0. The largest absolute Gasteiger partial charge is 0.497 e. The molecular weight excluding hydrogens is 482 g/mol. The number of methoxy groups -OCH3 is 1. The molecule has 3 heterocycles. The van der Waals surface area contributed by atoms with Crippen LogP contribution in [0.15, 0.2) is 48.5 Å². The number of nitrogens with zero attached hydrogens (tertiary/aromatic N) is 2. The minimum atomic E-state index is -0.443. The third-order valence-corrected chi connectivity index (χ3v) is 6.33. The van der Waals surface area contributed by atoms with Gasteiger partial charge < -0.3 is 23.4 Å². The van der Waals surface area contributed by atoms with E-state index >= 15 is 0 Å². The van der Waals surface area contributed by atoms with Crippen molar-refractivity contribution in [2.45, 2.75) is 45.6 Å². The highest BCUT2D eigenvalue weighted by atomic mass is 32.2. The van der Waals surface area contributed by atoms with E-state index in [9.17, 15) is 9.59 Å². The smallest absolute Gasteiger partial charge is 0.249 e. The molecule has 1 atom stereocenters. The Bertz CT molecular complexity index is 1400. The number of furan rings is 1. The third-order valence-electron chi connectivity index (χ3n) is 5.69. The molecule has 3 aromatic heterocycles. The van der Waals surface area contributed by atoms with Crippen molar-refractivity contribution in [1.29, 1.82) is 0 Å². The minimum Gasteiger partial charge on any atom is -0.497 e. The normalized spacial score (nSPS) is 12.3. The topological polar surface area (TPSA) is 121 Å². The van der Waals surface area contributed by atoms with E-state index in [1.807, 2.05) is 32.2 Å². The number of rotatable bonds is 10. The van der Waals surface area contributed by atoms with E-state index in [0.717, 1.165) is 5.75 Å². The first-order chi connectivity index (χ1) is 17.3. The van der Waals surface area contributed by atoms with E-state index in [4.69, 9.17) is 18.1 Å². The molecule has 4 aromatic rings. The Labute approximate surface area is 212 Å². The SMILES string of the molecule is COc1ccc(-c2oc3c(=O)cc(C)oc3c2CC(=O)NC(CCSC)c2nc(C(C)C)no2)cc1. The van der Waals surface area contributed by atoms with Gasteiger partial charge in [0.25, 0.3) is 0 Å². The fourth-order valence-corrected chi connectivity index (χ4v) is 4.29. The van der Waals surface area contributed by atoms with Crippen LogP contribution in [0.25, 0.3) is 22.5 Å². The zero-order valence-corrected chi connectivity index (χ0v) is 21.7. The number of nitrogens with one attached hydrogen (secondary N) is 1. The van der Waals surface area contributed by atoms with Gasteiger partial charge in [0.15, 0.2) is 11.4 Å². The van der Waals surface area contributed by atoms with Crippen molar-refractivity contribution in [2.24, 2.45) is 0 Å². The molecule has 36 heavy (non-hydrogen) atoms. The van der Waals surface area contributed by atoms with Gasteiger partial charge >= 0.3 is 0 Å². The second-order valence-corrected chi connectivity index (χ2v) is 9.73. The molecule has 4 rings (SSSR count). The molecule has 1 amide bonds. The fraction of sp³-hybridized carbons (Fsp3) is 0.385. The van der Waals surface area contributed by atoms with Gasteiger partial charge in [0.05, 0.1) is 19.1 Å². The summed E-state index contributed by atoms with van der Waals surface area (Å²) in [7, 11) is 1.58. The quantitative estimate of drug-likeness (QED) is 0.312. The molecule has 190 valence electrons. The Morgan fingerprint density at radius 2 is 1.92 bits per heavy atom. The number of carbonyl (C=O) groups excluding carboxylic acids is 1. The zero-order chi connectivity index (χ0) is 25.8. The maximum Gasteiger partial charge on any atom is 0.249 e. The van der Waals surface area contributed by atoms with Gasteiger partial charge in [-0.05, 0) is 49.6 Å². The van der Waals surface area contributed by atoms with Crippen LogP contribution >= 0.6 is 11.8 Å². The molecule has 0 saturated heterocycles. The van der Waals surface area contributed by atoms with Crippen molar-refractivity contribution in [1.82, 2.24) is 15.5 Å². The summed E-state index contributed by atoms with van der Waals surface area (Å²) in [5.41, 5.74) is 1.22. The van der Waals surface area contributed by atoms with Crippen LogP contribution in [-0.2, 0) is 11.2 Å². The van der Waals surface area contributed by atoms with Crippen molar-refractivity contribution in [2.75, 3.05) is 19.1 Å². The van der Waals surface area contributed by atoms with Crippen LogP contribution in [0.5, 0.6) is 5.75 Å². The Hall–Kier alpha value is -3.53. The lowest BCUT2D eigenvalue weighted by Crippen LogP contribution is -2.30. The minimum absolute atomic E-state index is 0.0678. The lowest BCUT2D eigenvalue weighted by atomic mass is 10.0. The monoisotopic (exact) mass is 511 g/mol. The Balaban J connectivity index is 1.68. The van der Waals surface area contributed by atoms with E-state index in [0.29, 0.717) is 46.5 Å². The van der Waals surface area contributed by atoms with Crippen LogP contribution in [0.2, 0.25) is 0 Å². The first kappa shape index (κ1) is 25.6. The summed E-state index contributed by atoms with van der Waals surface area (Å²) in [6.45, 7) is 5.64. The highest BCUT2D eigenvalue weighted by molar-refractivity contribution is 7.98. The van der Waals surface area contributed by atoms with Crippen molar-refractivity contribution >= 4 is 28.8 Å². The molecule has 0 aliphatic carbocycles. The number of carbonyl (C=O) groups is 1. The maximum absolute atomic E-state index is 13.3. The molecule has 0 radical (unpaired) electrons. The molecule has 0 fully saturated rings. The summed E-state index contributed by atoms with van der Waals surface area (Å²) in [4.78, 5) is 30.4. The molecule has 1 N–H and O–H groups in total. The first-order valence-electron chi connectivity index (χ1n) is 11.6. The van der Waals surface area contributed by atoms with Crippen LogP contribution in [0.1, 0.15) is 55.3 Å². The van der Waals surface area contributed by atoms with Gasteiger partial charge in [-0.2, -0.15) is 16.7 Å². The number of hydrogen-bond donors (Lipinski definition) is 1. The van der Waals surface area contributed by atoms with Crippen LogP contribution < -0.4 is 15.5 Å². The molecule has 0 aliphatic rings. The predicted molar refractivity (Wildman–Crippen MR) is 137 cm³/mol. The van der Waals surface area contributed by atoms with Crippen LogP contribution in [-0.4, -0.2) is 35.2 Å². The molecule has 1 unspecified atom stereocenters. The van der Waals surface area contributed by atoms with Gasteiger partial charge in [-0.25, -0.2) is 0 Å². The van der Waals surface area contributed by atoms with Crippen molar-refractivity contribution in [3.05, 3.63) is 63.6 Å². The molecule has 10 heteroatoms. The number of thioether (sulfide) groups is 1. The number of aromatic nitrogens is 2. The lowest BCUT2D eigenvalue weighted by molar-refractivity contribution is -0.121. The summed E-state index contributed by atoms with van der Waals surface area (Å²) in [6, 6.07) is 8.11. The zero-order valence-electron chi connectivity index (χ0n) is 20.9. The molecule has 1 aromatic carbocycles. The molecule has 0 saturated carbocycles. The number of amides is 1. The highest BCUT2D eigenvalue weighted by Crippen LogP contribution is 2.34. The summed E-state index contributed by atoms with van der Waals surface area (Å²) in [6.07, 6.45) is 2.55. The Morgan fingerprint density at radius 3 is 2.56 bits per heavy atom. The van der Waals surface area contributed by atoms with Crippen molar-refractivity contribution < 1.29 is 22.9 Å². The van der Waals surface area contributed by atoms with Crippen molar-refractivity contribution in [3.8, 4) is 17.1 Å². The van der Waals surface area contributed by atoms with Gasteiger partial charge in [0.1, 0.15) is 23.3 Å². The highest BCUT2D eigenvalue weighted by Gasteiger charge is 2.26. The van der Waals surface area contributed by atoms with Crippen LogP contribution in [0.3, 0.4) is 0 Å². The van der Waals surface area contributed by atoms with Crippen molar-refractivity contribution in [3.63, 3.8) is 0 Å². The van der Waals surface area contributed by atoms with Crippen LogP contribution in [0, 0.1) is 6.92 Å². The second-order valence-electron chi connectivity index (χ2n) is 8.74. The Kier molecular flexibility index (Phi) is 7.83. The summed E-state index contributed by atoms with van der Waals surface area (Å²) < 4.78 is 22.5. The molecule has 0 bridgehead atoms. The standard InChI is InChI=1S/C26H29N3O6S/c1-14(2)25-28-26(35-29-25)19(10-11-36-5)27-21(31)13-18-22(16-6-8-17(32-4)9-7-16)34-24-20(30)12-15(3)33-23(18)24/h6-9,12,14,19H,10-11,13H2,1-5H3,(H,27,31). The van der Waals surface area contributed by atoms with Gasteiger partial charge in [0, 0.05) is 17.5 Å². The molecule has 0 aliphatic heterocycles. The fourth-order valence-electron chi connectivity index (χ4n) is 3.82. The van der Waals surface area contributed by atoms with E-state index < -0.39 is 6.04 Å². The summed E-state index contributed by atoms with van der Waals surface area (Å²) in [5.74, 6) is 3.09. The number of aryl methyl sites for hydroxylation is 1. The van der Waals surface area contributed by atoms with Crippen LogP contribution in [0.4, 0.5) is 0 Å². The Morgan fingerprint density at radius 1 is 1.17 bits per heavy atom. The summed E-state index contributed by atoms with van der Waals surface area (Å²) >= 11 is 1.66. The lowest BCUT2D eigenvalue weighted by Gasteiger charge is -2.14. The van der Waals surface area contributed by atoms with Gasteiger partial charge in [-0.15, -0.1) is 0 Å². The third kappa shape index (κ3) is 5.48. The van der Waals surface area contributed by atoms with Gasteiger partial charge in [-0.1, -0.05) is 19.0 Å². The second kappa shape index (κ2) is 11.0. The van der Waals surface area contributed by atoms with E-state index in [1.165, 1.54) is 6.07 Å². The average Bonchev–Trinajstić information content (AvgIpc) is 3.48.